The summed E-state index contributed by atoms with van der Waals surface area (Å²) in [6, 6.07) is 6.32. The van der Waals surface area contributed by atoms with Gasteiger partial charge in [-0.05, 0) is 57.0 Å². The molecule has 0 saturated carbocycles. The number of Topliss-reactive ketones (excluding diaryl/α,β-unsaturated/α-hetero) is 1. The van der Waals surface area contributed by atoms with E-state index in [4.69, 9.17) is 4.74 Å². The van der Waals surface area contributed by atoms with Crippen LogP contribution < -0.4 is 10.1 Å². The van der Waals surface area contributed by atoms with Crippen LogP contribution in [-0.2, 0) is 6.54 Å². The lowest BCUT2D eigenvalue weighted by atomic mass is 9.95. The number of hydrogen-bond acceptors (Lipinski definition) is 4. The number of nitrogens with one attached hydrogen (secondary N) is 1. The molecule has 3 unspecified atom stereocenters. The van der Waals surface area contributed by atoms with Crippen molar-refractivity contribution in [2.75, 3.05) is 26.7 Å². The minimum Gasteiger partial charge on any atom is -0.496 e. The first-order valence-corrected chi connectivity index (χ1v) is 7.72. The van der Waals surface area contributed by atoms with Gasteiger partial charge in [-0.25, -0.2) is 0 Å². The Morgan fingerprint density at radius 3 is 2.90 bits per heavy atom. The van der Waals surface area contributed by atoms with Crippen LogP contribution in [0.1, 0.15) is 29.8 Å². The van der Waals surface area contributed by atoms with E-state index in [0.717, 1.165) is 54.9 Å². The van der Waals surface area contributed by atoms with E-state index in [1.165, 1.54) is 0 Å². The summed E-state index contributed by atoms with van der Waals surface area (Å²) >= 11 is 0. The van der Waals surface area contributed by atoms with Gasteiger partial charge in [-0.2, -0.15) is 0 Å². The van der Waals surface area contributed by atoms with Crippen LogP contribution in [-0.4, -0.2) is 43.5 Å². The molecule has 2 aliphatic rings. The predicted octanol–water partition coefficient (Wildman–Crippen LogP) is 1.94. The van der Waals surface area contributed by atoms with Gasteiger partial charge in [0.25, 0.3) is 0 Å². The fraction of sp³-hybridized carbons (Fsp3) is 0.588. The molecule has 114 valence electrons. The van der Waals surface area contributed by atoms with Gasteiger partial charge in [0.05, 0.1) is 7.11 Å². The Morgan fingerprint density at radius 2 is 2.24 bits per heavy atom. The molecule has 0 bridgehead atoms. The first-order chi connectivity index (χ1) is 10.1. The van der Waals surface area contributed by atoms with Crippen molar-refractivity contribution in [3.05, 3.63) is 29.3 Å². The zero-order valence-corrected chi connectivity index (χ0v) is 13.1. The number of ketones is 1. The molecule has 1 aromatic rings. The number of benzene rings is 1. The minimum absolute atomic E-state index is 0.106. The smallest absolute Gasteiger partial charge is 0.159 e. The van der Waals surface area contributed by atoms with Crippen molar-refractivity contribution in [2.45, 2.75) is 26.4 Å². The van der Waals surface area contributed by atoms with Crippen molar-refractivity contribution in [2.24, 2.45) is 11.8 Å². The van der Waals surface area contributed by atoms with Crippen LogP contribution in [0.25, 0.3) is 0 Å². The van der Waals surface area contributed by atoms with Gasteiger partial charge in [-0.15, -0.1) is 0 Å². The van der Waals surface area contributed by atoms with Crippen LogP contribution in [0.15, 0.2) is 18.2 Å². The van der Waals surface area contributed by atoms with E-state index in [2.05, 4.69) is 17.1 Å². The molecule has 0 amide bonds. The minimum atomic E-state index is 0.106. The van der Waals surface area contributed by atoms with Crippen LogP contribution in [0.4, 0.5) is 0 Å². The topological polar surface area (TPSA) is 41.6 Å². The number of nitrogens with zero attached hydrogens (tertiary/aromatic N) is 1. The van der Waals surface area contributed by atoms with Gasteiger partial charge in [0.1, 0.15) is 5.75 Å². The molecule has 21 heavy (non-hydrogen) atoms. The van der Waals surface area contributed by atoms with E-state index in [-0.39, 0.29) is 5.78 Å². The average molecular weight is 288 g/mol. The number of hydrogen-bond donors (Lipinski definition) is 1. The van der Waals surface area contributed by atoms with Crippen LogP contribution >= 0.6 is 0 Å². The van der Waals surface area contributed by atoms with E-state index in [0.29, 0.717) is 6.04 Å². The number of likely N-dealkylation sites (tertiary alicyclic amines) is 1. The van der Waals surface area contributed by atoms with Gasteiger partial charge < -0.3 is 10.1 Å². The summed E-state index contributed by atoms with van der Waals surface area (Å²) in [6.07, 6.45) is 0. The van der Waals surface area contributed by atoms with Gasteiger partial charge in [0, 0.05) is 30.3 Å². The lowest BCUT2D eigenvalue weighted by Crippen LogP contribution is -2.32. The summed E-state index contributed by atoms with van der Waals surface area (Å²) in [4.78, 5) is 14.1. The third kappa shape index (κ3) is 2.70. The average Bonchev–Trinajstić information content (AvgIpc) is 3.03. The second kappa shape index (κ2) is 5.78. The molecule has 1 aromatic carbocycles. The third-order valence-corrected chi connectivity index (χ3v) is 5.12. The molecule has 0 radical (unpaired) electrons. The number of carbonyl (C=O) groups excluding carboxylic acids is 1. The highest BCUT2D eigenvalue weighted by atomic mass is 16.5. The Hall–Kier alpha value is -1.39. The largest absolute Gasteiger partial charge is 0.496 e. The Morgan fingerprint density at radius 1 is 1.43 bits per heavy atom. The van der Waals surface area contributed by atoms with Crippen LogP contribution in [0, 0.1) is 11.8 Å². The molecule has 2 saturated heterocycles. The first-order valence-electron chi connectivity index (χ1n) is 7.72. The molecule has 0 aromatic heterocycles. The lowest BCUT2D eigenvalue weighted by molar-refractivity contribution is 0.101. The Labute approximate surface area is 126 Å². The second-order valence-electron chi connectivity index (χ2n) is 6.34. The van der Waals surface area contributed by atoms with E-state index >= 15 is 0 Å². The van der Waals surface area contributed by atoms with Crippen molar-refractivity contribution in [1.29, 1.82) is 0 Å². The highest BCUT2D eigenvalue weighted by Crippen LogP contribution is 2.34. The van der Waals surface area contributed by atoms with Crippen LogP contribution in [0.2, 0.25) is 0 Å². The van der Waals surface area contributed by atoms with Gasteiger partial charge in [0.15, 0.2) is 5.78 Å². The third-order valence-electron chi connectivity index (χ3n) is 5.12. The molecule has 3 rings (SSSR count). The van der Waals surface area contributed by atoms with Gasteiger partial charge in [-0.3, -0.25) is 9.69 Å². The molecule has 4 nitrogen and oxygen atoms in total. The van der Waals surface area contributed by atoms with Crippen molar-refractivity contribution in [1.82, 2.24) is 10.2 Å². The van der Waals surface area contributed by atoms with Gasteiger partial charge >= 0.3 is 0 Å². The van der Waals surface area contributed by atoms with E-state index in [9.17, 15) is 4.79 Å². The van der Waals surface area contributed by atoms with Crippen LogP contribution in [0.5, 0.6) is 5.75 Å². The number of carbonyl (C=O) groups is 1. The first kappa shape index (κ1) is 14.5. The maximum atomic E-state index is 11.6. The van der Waals surface area contributed by atoms with Crippen molar-refractivity contribution >= 4 is 5.78 Å². The molecule has 3 atom stereocenters. The summed E-state index contributed by atoms with van der Waals surface area (Å²) in [7, 11) is 1.69. The van der Waals surface area contributed by atoms with Gasteiger partial charge in [-0.1, -0.05) is 0 Å². The normalized spacial score (nSPS) is 28.6. The van der Waals surface area contributed by atoms with Crippen molar-refractivity contribution in [3.8, 4) is 5.75 Å². The summed E-state index contributed by atoms with van der Waals surface area (Å²) in [6.45, 7) is 8.19. The quantitative estimate of drug-likeness (QED) is 0.860. The zero-order valence-electron chi connectivity index (χ0n) is 13.1. The highest BCUT2D eigenvalue weighted by Gasteiger charge is 2.41. The number of rotatable bonds is 4. The summed E-state index contributed by atoms with van der Waals surface area (Å²) in [5, 5.41) is 3.49. The molecular weight excluding hydrogens is 264 g/mol. The molecule has 0 spiro atoms. The van der Waals surface area contributed by atoms with Crippen molar-refractivity contribution < 1.29 is 9.53 Å². The maximum Gasteiger partial charge on any atom is 0.159 e. The standard InChI is InChI=1S/C17H24N2O2/c1-11-16-8-18-7-15(16)10-19(11)9-14-6-13(12(2)20)4-5-17(14)21-3/h4-6,11,15-16,18H,7-10H2,1-3H3. The molecular formula is C17H24N2O2. The maximum absolute atomic E-state index is 11.6. The van der Waals surface area contributed by atoms with Gasteiger partial charge in [0.2, 0.25) is 0 Å². The molecule has 1 N–H and O–H groups in total. The molecule has 4 heteroatoms. The lowest BCUT2D eigenvalue weighted by Gasteiger charge is -2.25. The Balaban J connectivity index is 1.81. The summed E-state index contributed by atoms with van der Waals surface area (Å²) in [5.74, 6) is 2.51. The second-order valence-corrected chi connectivity index (χ2v) is 6.34. The fourth-order valence-corrected chi connectivity index (χ4v) is 3.80. The number of methoxy groups -OCH3 is 1. The predicted molar refractivity (Wildman–Crippen MR) is 82.7 cm³/mol. The van der Waals surface area contributed by atoms with Crippen molar-refractivity contribution in [3.63, 3.8) is 0 Å². The van der Waals surface area contributed by atoms with E-state index < -0.39 is 0 Å². The fourth-order valence-electron chi connectivity index (χ4n) is 3.80. The summed E-state index contributed by atoms with van der Waals surface area (Å²) in [5.41, 5.74) is 1.88. The highest BCUT2D eigenvalue weighted by molar-refractivity contribution is 5.94. The molecule has 0 aliphatic carbocycles. The number of ether oxygens (including phenoxy) is 1. The summed E-state index contributed by atoms with van der Waals surface area (Å²) < 4.78 is 5.47. The van der Waals surface area contributed by atoms with E-state index in [1.807, 2.05) is 18.2 Å². The number of fused-ring (bicyclic) bond motifs is 1. The molecule has 2 heterocycles. The zero-order chi connectivity index (χ0) is 15.0. The SMILES string of the molecule is COc1ccc(C(C)=O)cc1CN1CC2CNCC2C1C. The van der Waals surface area contributed by atoms with E-state index in [1.54, 1.807) is 14.0 Å². The molecule has 2 aliphatic heterocycles. The Kier molecular flexibility index (Phi) is 4.00. The van der Waals surface area contributed by atoms with Crippen LogP contribution in [0.3, 0.4) is 0 Å². The Bertz CT molecular complexity index is 544. The molecule has 2 fully saturated rings. The monoisotopic (exact) mass is 288 g/mol.